The van der Waals surface area contributed by atoms with Gasteiger partial charge in [-0.2, -0.15) is 0 Å². The van der Waals surface area contributed by atoms with Crippen LogP contribution in [0.15, 0.2) is 12.3 Å². The van der Waals surface area contributed by atoms with Crippen molar-refractivity contribution in [3.05, 3.63) is 12.3 Å². The molecule has 0 aliphatic carbocycles. The Morgan fingerprint density at radius 3 is 2.92 bits per heavy atom. The van der Waals surface area contributed by atoms with Gasteiger partial charge >= 0.3 is 0 Å². The van der Waals surface area contributed by atoms with Crippen LogP contribution in [0.5, 0.6) is 0 Å². The fraction of sp³-hybridized carbons (Fsp3) is 0.700. The summed E-state index contributed by atoms with van der Waals surface area (Å²) in [5, 5.41) is 0. The van der Waals surface area contributed by atoms with Crippen LogP contribution in [0.2, 0.25) is 0 Å². The standard InChI is InChI=1S/C10H16N2O/c1-8-4-3-5-9-11(2)7-6-10(13)12(8)9/h6-9H,3-5H2,1-2H3. The lowest BCUT2D eigenvalue weighted by Gasteiger charge is -2.46. The summed E-state index contributed by atoms with van der Waals surface area (Å²) in [6.45, 7) is 2.14. The highest BCUT2D eigenvalue weighted by Crippen LogP contribution is 2.27. The summed E-state index contributed by atoms with van der Waals surface area (Å²) in [4.78, 5) is 15.7. The monoisotopic (exact) mass is 180 g/mol. The van der Waals surface area contributed by atoms with Crippen molar-refractivity contribution in [1.82, 2.24) is 9.80 Å². The Morgan fingerprint density at radius 2 is 2.23 bits per heavy atom. The summed E-state index contributed by atoms with van der Waals surface area (Å²) in [6.07, 6.45) is 7.34. The molecule has 13 heavy (non-hydrogen) atoms. The summed E-state index contributed by atoms with van der Waals surface area (Å²) < 4.78 is 0. The molecule has 72 valence electrons. The minimum Gasteiger partial charge on any atom is -0.360 e. The maximum Gasteiger partial charge on any atom is 0.249 e. The van der Waals surface area contributed by atoms with Gasteiger partial charge in [0.1, 0.15) is 6.17 Å². The van der Waals surface area contributed by atoms with Crippen LogP contribution in [0.4, 0.5) is 0 Å². The number of carbonyl (C=O) groups excluding carboxylic acids is 1. The fourth-order valence-corrected chi connectivity index (χ4v) is 2.30. The molecular formula is C10H16N2O. The first-order valence-corrected chi connectivity index (χ1v) is 4.92. The maximum absolute atomic E-state index is 11.6. The number of carbonyl (C=O) groups is 1. The van der Waals surface area contributed by atoms with Crippen LogP contribution >= 0.6 is 0 Å². The van der Waals surface area contributed by atoms with E-state index in [1.54, 1.807) is 6.08 Å². The lowest BCUT2D eigenvalue weighted by Crippen LogP contribution is -2.56. The van der Waals surface area contributed by atoms with Crippen LogP contribution in [0.25, 0.3) is 0 Å². The van der Waals surface area contributed by atoms with Gasteiger partial charge in [-0.05, 0) is 26.2 Å². The molecule has 1 fully saturated rings. The Kier molecular flexibility index (Phi) is 2.02. The second-order valence-corrected chi connectivity index (χ2v) is 3.99. The highest BCUT2D eigenvalue weighted by atomic mass is 16.2. The Bertz CT molecular complexity index is 249. The second-order valence-electron chi connectivity index (χ2n) is 3.99. The lowest BCUT2D eigenvalue weighted by molar-refractivity contribution is -0.138. The average Bonchev–Trinajstić information content (AvgIpc) is 2.12. The maximum atomic E-state index is 11.6. The van der Waals surface area contributed by atoms with Crippen LogP contribution < -0.4 is 0 Å². The van der Waals surface area contributed by atoms with E-state index in [0.29, 0.717) is 12.2 Å². The molecule has 2 heterocycles. The minimum atomic E-state index is 0.176. The first-order valence-electron chi connectivity index (χ1n) is 4.92. The van der Waals surface area contributed by atoms with Gasteiger partial charge in [0, 0.05) is 25.4 Å². The Balaban J connectivity index is 2.25. The normalized spacial score (nSPS) is 33.5. The minimum absolute atomic E-state index is 0.176. The molecule has 0 bridgehead atoms. The van der Waals surface area contributed by atoms with Crippen LogP contribution in [-0.2, 0) is 4.79 Å². The lowest BCUT2D eigenvalue weighted by atomic mass is 9.99. The first kappa shape index (κ1) is 8.60. The average molecular weight is 180 g/mol. The van der Waals surface area contributed by atoms with E-state index in [1.807, 2.05) is 18.1 Å². The molecule has 3 nitrogen and oxygen atoms in total. The number of hydrogen-bond acceptors (Lipinski definition) is 2. The van der Waals surface area contributed by atoms with E-state index >= 15 is 0 Å². The molecule has 1 saturated heterocycles. The van der Waals surface area contributed by atoms with Crippen molar-refractivity contribution in [3.63, 3.8) is 0 Å². The van der Waals surface area contributed by atoms with Gasteiger partial charge in [-0.25, -0.2) is 0 Å². The molecule has 0 aromatic rings. The molecule has 3 heteroatoms. The number of rotatable bonds is 0. The quantitative estimate of drug-likeness (QED) is 0.558. The van der Waals surface area contributed by atoms with Gasteiger partial charge < -0.3 is 9.80 Å². The zero-order valence-electron chi connectivity index (χ0n) is 8.23. The molecular weight excluding hydrogens is 164 g/mol. The summed E-state index contributed by atoms with van der Waals surface area (Å²) in [5.74, 6) is 0.176. The predicted octanol–water partition coefficient (Wildman–Crippen LogP) is 1.17. The first-order chi connectivity index (χ1) is 6.20. The van der Waals surface area contributed by atoms with Crippen molar-refractivity contribution in [3.8, 4) is 0 Å². The van der Waals surface area contributed by atoms with Crippen molar-refractivity contribution in [1.29, 1.82) is 0 Å². The molecule has 0 aromatic carbocycles. The summed E-state index contributed by atoms with van der Waals surface area (Å²) in [7, 11) is 2.04. The van der Waals surface area contributed by atoms with Gasteiger partial charge in [0.2, 0.25) is 5.91 Å². The molecule has 2 unspecified atom stereocenters. The summed E-state index contributed by atoms with van der Waals surface area (Å²) in [5.41, 5.74) is 0. The van der Waals surface area contributed by atoms with Crippen LogP contribution in [0.1, 0.15) is 26.2 Å². The molecule has 0 N–H and O–H groups in total. The van der Waals surface area contributed by atoms with Crippen molar-refractivity contribution < 1.29 is 4.79 Å². The van der Waals surface area contributed by atoms with E-state index in [0.717, 1.165) is 12.8 Å². The van der Waals surface area contributed by atoms with E-state index in [9.17, 15) is 4.79 Å². The number of amides is 1. The van der Waals surface area contributed by atoms with Crippen LogP contribution in [0, 0.1) is 0 Å². The molecule has 2 rings (SSSR count). The number of nitrogens with zero attached hydrogens (tertiary/aromatic N) is 2. The third-order valence-electron chi connectivity index (χ3n) is 3.06. The zero-order valence-corrected chi connectivity index (χ0v) is 8.23. The van der Waals surface area contributed by atoms with Gasteiger partial charge in [0.25, 0.3) is 0 Å². The van der Waals surface area contributed by atoms with E-state index in [-0.39, 0.29) is 5.91 Å². The molecule has 0 saturated carbocycles. The smallest absolute Gasteiger partial charge is 0.249 e. The van der Waals surface area contributed by atoms with Crippen molar-refractivity contribution in [2.75, 3.05) is 7.05 Å². The van der Waals surface area contributed by atoms with Crippen molar-refractivity contribution in [2.24, 2.45) is 0 Å². The Hall–Kier alpha value is -0.990. The largest absolute Gasteiger partial charge is 0.360 e. The van der Waals surface area contributed by atoms with Gasteiger partial charge in [-0.1, -0.05) is 0 Å². The van der Waals surface area contributed by atoms with Crippen LogP contribution in [-0.4, -0.2) is 35.0 Å². The molecule has 1 amide bonds. The molecule has 0 aromatic heterocycles. The summed E-state index contributed by atoms with van der Waals surface area (Å²) in [6, 6.07) is 0.402. The predicted molar refractivity (Wildman–Crippen MR) is 50.9 cm³/mol. The highest BCUT2D eigenvalue weighted by Gasteiger charge is 2.34. The topological polar surface area (TPSA) is 23.6 Å². The van der Waals surface area contributed by atoms with Gasteiger partial charge in [0.05, 0.1) is 0 Å². The van der Waals surface area contributed by atoms with Gasteiger partial charge in [-0.15, -0.1) is 0 Å². The second kappa shape index (κ2) is 3.05. The summed E-state index contributed by atoms with van der Waals surface area (Å²) >= 11 is 0. The Labute approximate surface area is 79.0 Å². The van der Waals surface area contributed by atoms with Gasteiger partial charge in [0.15, 0.2) is 0 Å². The Morgan fingerprint density at radius 1 is 1.46 bits per heavy atom. The van der Waals surface area contributed by atoms with E-state index in [4.69, 9.17) is 0 Å². The van der Waals surface area contributed by atoms with Crippen LogP contribution in [0.3, 0.4) is 0 Å². The molecule has 0 radical (unpaired) electrons. The van der Waals surface area contributed by atoms with E-state index in [1.165, 1.54) is 6.42 Å². The van der Waals surface area contributed by atoms with Crippen molar-refractivity contribution >= 4 is 5.91 Å². The third-order valence-corrected chi connectivity index (χ3v) is 3.06. The molecule has 0 spiro atoms. The SMILES string of the molecule is CC1CCCC2N(C)C=CC(=O)N12. The van der Waals surface area contributed by atoms with Crippen molar-refractivity contribution in [2.45, 2.75) is 38.4 Å². The third kappa shape index (κ3) is 1.32. The van der Waals surface area contributed by atoms with E-state index < -0.39 is 0 Å². The fourth-order valence-electron chi connectivity index (χ4n) is 2.30. The van der Waals surface area contributed by atoms with Gasteiger partial charge in [-0.3, -0.25) is 4.79 Å². The number of hydrogen-bond donors (Lipinski definition) is 0. The highest BCUT2D eigenvalue weighted by molar-refractivity contribution is 5.88. The van der Waals surface area contributed by atoms with E-state index in [2.05, 4.69) is 11.8 Å². The molecule has 2 aliphatic rings. The number of piperidine rings is 1. The number of fused-ring (bicyclic) bond motifs is 1. The zero-order chi connectivity index (χ0) is 9.42. The molecule has 2 aliphatic heterocycles. The molecule has 2 atom stereocenters.